The molecule has 1 aromatic heterocycles. The van der Waals surface area contributed by atoms with E-state index in [-0.39, 0.29) is 26.7 Å². The number of carbonyl (C=O) groups is 2. The van der Waals surface area contributed by atoms with Gasteiger partial charge in [0.15, 0.2) is 0 Å². The second kappa shape index (κ2) is 5.59. The number of hydrogen-bond donors (Lipinski definition) is 1. The van der Waals surface area contributed by atoms with Crippen LogP contribution in [-0.2, 0) is 4.79 Å². The second-order valence-electron chi connectivity index (χ2n) is 4.38. The third-order valence-electron chi connectivity index (χ3n) is 2.91. The van der Waals surface area contributed by atoms with Crippen molar-refractivity contribution in [2.75, 3.05) is 7.11 Å². The fourth-order valence-corrected chi connectivity index (χ4v) is 3.83. The summed E-state index contributed by atoms with van der Waals surface area (Å²) in [7, 11) is 1.60. The summed E-state index contributed by atoms with van der Waals surface area (Å²) in [5.41, 5.74) is 0. The molecule has 0 spiro atoms. The van der Waals surface area contributed by atoms with E-state index < -0.39 is 11.9 Å². The number of ketones is 1. The van der Waals surface area contributed by atoms with Crippen LogP contribution in [0.1, 0.15) is 22.6 Å². The summed E-state index contributed by atoms with van der Waals surface area (Å²) in [5.74, 6) is -0.871. The first-order valence-corrected chi connectivity index (χ1v) is 7.56. The first-order valence-electron chi connectivity index (χ1n) is 5.85. The van der Waals surface area contributed by atoms with Crippen LogP contribution < -0.4 is 4.74 Å². The Hall–Kier alpha value is -1.58. The SMILES string of the molecule is COc1ccc2[se]c(C(=O)CC(C)C(=O)O)cc2c1. The fraction of sp³-hybridized carbons (Fsp3) is 0.286. The Morgan fingerprint density at radius 2 is 2.11 bits per heavy atom. The summed E-state index contributed by atoms with van der Waals surface area (Å²) >= 11 is -0.0308. The zero-order valence-corrected chi connectivity index (χ0v) is 12.4. The molecule has 2 rings (SSSR count). The minimum absolute atomic E-state index is 0.0308. The molecule has 19 heavy (non-hydrogen) atoms. The van der Waals surface area contributed by atoms with Gasteiger partial charge in [-0.3, -0.25) is 0 Å². The van der Waals surface area contributed by atoms with Gasteiger partial charge in [0.2, 0.25) is 0 Å². The van der Waals surface area contributed by atoms with Gasteiger partial charge in [-0.15, -0.1) is 0 Å². The molecule has 1 atom stereocenters. The number of ether oxygens (including phenoxy) is 1. The number of carboxylic acids is 1. The van der Waals surface area contributed by atoms with E-state index in [1.807, 2.05) is 24.3 Å². The van der Waals surface area contributed by atoms with Crippen LogP contribution in [0, 0.1) is 5.92 Å². The van der Waals surface area contributed by atoms with Crippen LogP contribution in [0.15, 0.2) is 24.3 Å². The van der Waals surface area contributed by atoms with Crippen molar-refractivity contribution in [1.82, 2.24) is 0 Å². The molecule has 0 fully saturated rings. The number of hydrogen-bond acceptors (Lipinski definition) is 3. The predicted octanol–water partition coefficient (Wildman–Crippen LogP) is 2.20. The van der Waals surface area contributed by atoms with E-state index in [4.69, 9.17) is 9.84 Å². The van der Waals surface area contributed by atoms with Gasteiger partial charge in [-0.1, -0.05) is 0 Å². The second-order valence-corrected chi connectivity index (χ2v) is 6.65. The normalized spacial score (nSPS) is 12.3. The molecule has 4 nitrogen and oxygen atoms in total. The van der Waals surface area contributed by atoms with Gasteiger partial charge in [-0.05, 0) is 0 Å². The molecule has 100 valence electrons. The van der Waals surface area contributed by atoms with Gasteiger partial charge < -0.3 is 0 Å². The molecule has 0 radical (unpaired) electrons. The van der Waals surface area contributed by atoms with E-state index in [1.165, 1.54) is 0 Å². The number of carboxylic acid groups (broad SMARTS) is 1. The van der Waals surface area contributed by atoms with Crippen LogP contribution in [0.2, 0.25) is 0 Å². The summed E-state index contributed by atoms with van der Waals surface area (Å²) in [6, 6.07) is 7.60. The molecular weight excluding hydrogens is 311 g/mol. The first-order chi connectivity index (χ1) is 9.01. The van der Waals surface area contributed by atoms with Crippen LogP contribution in [0.25, 0.3) is 9.65 Å². The Balaban J connectivity index is 2.25. The number of benzene rings is 1. The van der Waals surface area contributed by atoms with E-state index in [0.29, 0.717) is 0 Å². The predicted molar refractivity (Wildman–Crippen MR) is 73.2 cm³/mol. The van der Waals surface area contributed by atoms with E-state index >= 15 is 0 Å². The molecule has 0 saturated heterocycles. The van der Waals surface area contributed by atoms with Crippen molar-refractivity contribution in [2.24, 2.45) is 5.92 Å². The fourth-order valence-electron chi connectivity index (χ4n) is 1.75. The number of rotatable bonds is 5. The summed E-state index contributed by atoms with van der Waals surface area (Å²) in [5, 5.41) is 9.84. The maximum absolute atomic E-state index is 12.0. The van der Waals surface area contributed by atoms with E-state index in [2.05, 4.69) is 0 Å². The maximum atomic E-state index is 12.0. The van der Waals surface area contributed by atoms with Gasteiger partial charge in [0, 0.05) is 0 Å². The number of methoxy groups -OCH3 is 1. The van der Waals surface area contributed by atoms with E-state index in [1.54, 1.807) is 14.0 Å². The number of Topliss-reactive ketones (excluding diaryl/α,β-unsaturated/α-hetero) is 1. The zero-order valence-electron chi connectivity index (χ0n) is 10.7. The summed E-state index contributed by atoms with van der Waals surface area (Å²) < 4.78 is 7.02. The number of aliphatic carboxylic acids is 1. The summed E-state index contributed by atoms with van der Waals surface area (Å²) in [6.45, 7) is 1.55. The van der Waals surface area contributed by atoms with Crippen molar-refractivity contribution in [3.63, 3.8) is 0 Å². The van der Waals surface area contributed by atoms with Gasteiger partial charge in [0.1, 0.15) is 0 Å². The van der Waals surface area contributed by atoms with Crippen LogP contribution in [0.5, 0.6) is 5.75 Å². The van der Waals surface area contributed by atoms with Crippen LogP contribution in [-0.4, -0.2) is 38.5 Å². The van der Waals surface area contributed by atoms with Gasteiger partial charge >= 0.3 is 116 Å². The van der Waals surface area contributed by atoms with Gasteiger partial charge in [0.05, 0.1) is 0 Å². The molecule has 0 saturated carbocycles. The number of fused-ring (bicyclic) bond motifs is 1. The van der Waals surface area contributed by atoms with Gasteiger partial charge in [-0.25, -0.2) is 0 Å². The Labute approximate surface area is 116 Å². The van der Waals surface area contributed by atoms with E-state index in [9.17, 15) is 9.59 Å². The van der Waals surface area contributed by atoms with Crippen LogP contribution in [0.3, 0.4) is 0 Å². The van der Waals surface area contributed by atoms with Gasteiger partial charge in [0.25, 0.3) is 0 Å². The summed E-state index contributed by atoms with van der Waals surface area (Å²) in [4.78, 5) is 22.8. The van der Waals surface area contributed by atoms with Crippen molar-refractivity contribution in [2.45, 2.75) is 13.3 Å². The molecule has 1 unspecified atom stereocenters. The Kier molecular flexibility index (Phi) is 4.07. The van der Waals surface area contributed by atoms with Crippen LogP contribution >= 0.6 is 0 Å². The molecule has 1 aromatic carbocycles. The first kappa shape index (κ1) is 13.8. The summed E-state index contributed by atoms with van der Waals surface area (Å²) in [6.07, 6.45) is 0.0635. The third-order valence-corrected chi connectivity index (χ3v) is 5.34. The molecule has 1 heterocycles. The number of carbonyl (C=O) groups excluding carboxylic acids is 1. The Bertz CT molecular complexity index is 629. The van der Waals surface area contributed by atoms with Crippen molar-refractivity contribution >= 4 is 35.9 Å². The topological polar surface area (TPSA) is 63.6 Å². The monoisotopic (exact) mass is 326 g/mol. The van der Waals surface area contributed by atoms with Crippen molar-refractivity contribution in [3.05, 3.63) is 28.7 Å². The molecule has 0 aliphatic carbocycles. The molecule has 2 aromatic rings. The molecule has 0 bridgehead atoms. The molecule has 0 amide bonds. The molecular formula is C14H14O4Se. The average molecular weight is 325 g/mol. The minimum atomic E-state index is -0.932. The molecule has 5 heteroatoms. The zero-order chi connectivity index (χ0) is 14.0. The van der Waals surface area contributed by atoms with Gasteiger partial charge in [-0.2, -0.15) is 0 Å². The quantitative estimate of drug-likeness (QED) is 0.676. The van der Waals surface area contributed by atoms with Crippen molar-refractivity contribution in [1.29, 1.82) is 0 Å². The standard InChI is InChI=1S/C14H14O4Se/c1-8(14(16)17)5-11(15)13-7-9-6-10(18-2)3-4-12(9)19-13/h3-4,6-8H,5H2,1-2H3,(H,16,17). The molecule has 1 N–H and O–H groups in total. The Morgan fingerprint density at radius 3 is 2.74 bits per heavy atom. The van der Waals surface area contributed by atoms with Crippen molar-refractivity contribution in [3.8, 4) is 5.75 Å². The average Bonchev–Trinajstić information content (AvgIpc) is 2.81. The van der Waals surface area contributed by atoms with Crippen molar-refractivity contribution < 1.29 is 19.4 Å². The third kappa shape index (κ3) is 3.06. The Morgan fingerprint density at radius 1 is 1.37 bits per heavy atom. The van der Waals surface area contributed by atoms with Crippen LogP contribution in [0.4, 0.5) is 0 Å². The van der Waals surface area contributed by atoms with E-state index in [0.717, 1.165) is 19.8 Å². The molecule has 0 aliphatic rings. The molecule has 0 aliphatic heterocycles.